The molecule has 1 N–H and O–H groups in total. The van der Waals surface area contributed by atoms with Crippen LogP contribution < -0.4 is 5.32 Å². The van der Waals surface area contributed by atoms with Crippen LogP contribution in [0.1, 0.15) is 19.3 Å². The first kappa shape index (κ1) is 8.81. The van der Waals surface area contributed by atoms with Gasteiger partial charge in [0, 0.05) is 12.1 Å². The number of thioether (sulfide) groups is 1. The maximum absolute atomic E-state index is 4.17. The Morgan fingerprint density at radius 1 is 1.46 bits per heavy atom. The molecule has 1 aliphatic carbocycles. The average Bonchev–Trinajstić information content (AvgIpc) is 2.12. The Morgan fingerprint density at radius 2 is 2.31 bits per heavy atom. The van der Waals surface area contributed by atoms with E-state index in [4.69, 9.17) is 0 Å². The monoisotopic (exact) mass is 195 g/mol. The molecule has 2 rings (SSSR count). The van der Waals surface area contributed by atoms with E-state index in [2.05, 4.69) is 15.3 Å². The lowest BCUT2D eigenvalue weighted by Gasteiger charge is -2.26. The molecular formula is C9H13N3S. The van der Waals surface area contributed by atoms with Crippen LogP contribution in [0.15, 0.2) is 17.4 Å². The highest BCUT2D eigenvalue weighted by atomic mass is 32.2. The van der Waals surface area contributed by atoms with Crippen LogP contribution in [0.4, 0.5) is 5.82 Å². The number of nitrogens with zero attached hydrogens (tertiary/aromatic N) is 2. The van der Waals surface area contributed by atoms with Crippen molar-refractivity contribution in [3.05, 3.63) is 12.4 Å². The molecule has 3 nitrogen and oxygen atoms in total. The van der Waals surface area contributed by atoms with Crippen LogP contribution in [-0.2, 0) is 0 Å². The molecule has 70 valence electrons. The lowest BCUT2D eigenvalue weighted by molar-refractivity contribution is 0.444. The number of hydrogen-bond acceptors (Lipinski definition) is 4. The van der Waals surface area contributed by atoms with Crippen LogP contribution in [0.3, 0.4) is 0 Å². The molecule has 0 unspecified atom stereocenters. The smallest absolute Gasteiger partial charge is 0.130 e. The second-order valence-corrected chi connectivity index (χ2v) is 4.04. The van der Waals surface area contributed by atoms with Crippen molar-refractivity contribution >= 4 is 17.6 Å². The van der Waals surface area contributed by atoms with E-state index in [0.29, 0.717) is 6.04 Å². The van der Waals surface area contributed by atoms with Crippen LogP contribution >= 0.6 is 11.8 Å². The van der Waals surface area contributed by atoms with Crippen LogP contribution in [0, 0.1) is 0 Å². The number of rotatable bonds is 3. The van der Waals surface area contributed by atoms with Gasteiger partial charge in [0.15, 0.2) is 0 Å². The van der Waals surface area contributed by atoms with E-state index in [1.807, 2.05) is 12.3 Å². The second kappa shape index (κ2) is 3.96. The Labute approximate surface area is 82.4 Å². The zero-order chi connectivity index (χ0) is 9.10. The molecule has 0 atom stereocenters. The lowest BCUT2D eigenvalue weighted by Crippen LogP contribution is -2.27. The predicted octanol–water partition coefficient (Wildman–Crippen LogP) is 2.16. The zero-order valence-corrected chi connectivity index (χ0v) is 8.47. The summed E-state index contributed by atoms with van der Waals surface area (Å²) in [6, 6.07) is 2.65. The molecule has 4 heteroatoms. The summed E-state index contributed by atoms with van der Waals surface area (Å²) in [6.45, 7) is 0. The number of anilines is 1. The highest BCUT2D eigenvalue weighted by molar-refractivity contribution is 7.98. The fraction of sp³-hybridized carbons (Fsp3) is 0.556. The van der Waals surface area contributed by atoms with E-state index in [1.54, 1.807) is 18.1 Å². The Balaban J connectivity index is 2.01. The normalized spacial score (nSPS) is 16.7. The maximum atomic E-state index is 4.17. The molecule has 0 aromatic carbocycles. The van der Waals surface area contributed by atoms with Crippen LogP contribution in [0.2, 0.25) is 0 Å². The third-order valence-corrected chi connectivity index (χ3v) is 2.95. The van der Waals surface area contributed by atoms with Gasteiger partial charge >= 0.3 is 0 Å². The molecule has 0 amide bonds. The summed E-state index contributed by atoms with van der Waals surface area (Å²) in [7, 11) is 0. The summed E-state index contributed by atoms with van der Waals surface area (Å²) in [5.41, 5.74) is 0. The van der Waals surface area contributed by atoms with Gasteiger partial charge in [-0.3, -0.25) is 0 Å². The Bertz CT molecular complexity index is 286. The quantitative estimate of drug-likeness (QED) is 0.592. The molecule has 13 heavy (non-hydrogen) atoms. The van der Waals surface area contributed by atoms with Gasteiger partial charge in [-0.2, -0.15) is 0 Å². The van der Waals surface area contributed by atoms with Crippen molar-refractivity contribution in [2.75, 3.05) is 11.6 Å². The molecular weight excluding hydrogens is 182 g/mol. The fourth-order valence-electron chi connectivity index (χ4n) is 1.29. The summed E-state index contributed by atoms with van der Waals surface area (Å²) in [5.74, 6) is 0.962. The summed E-state index contributed by atoms with van der Waals surface area (Å²) in [4.78, 5) is 8.29. The summed E-state index contributed by atoms with van der Waals surface area (Å²) in [6.07, 6.45) is 7.54. The van der Waals surface area contributed by atoms with E-state index < -0.39 is 0 Å². The van der Waals surface area contributed by atoms with Crippen molar-refractivity contribution in [1.29, 1.82) is 0 Å². The van der Waals surface area contributed by atoms with Gasteiger partial charge in [-0.05, 0) is 25.5 Å². The molecule has 0 saturated heterocycles. The van der Waals surface area contributed by atoms with E-state index in [9.17, 15) is 0 Å². The standard InChI is InChI=1S/C9H13N3S/c1-13-9-5-8(10-6-11-9)12-7-3-2-4-7/h5-7H,2-4H2,1H3,(H,10,11,12). The largest absolute Gasteiger partial charge is 0.367 e. The number of aromatic nitrogens is 2. The minimum absolute atomic E-state index is 0.643. The molecule has 0 radical (unpaired) electrons. The summed E-state index contributed by atoms with van der Waals surface area (Å²) < 4.78 is 0. The van der Waals surface area contributed by atoms with E-state index >= 15 is 0 Å². The zero-order valence-electron chi connectivity index (χ0n) is 7.66. The number of nitrogens with one attached hydrogen (secondary N) is 1. The molecule has 1 aromatic heterocycles. The van der Waals surface area contributed by atoms with Gasteiger partial charge < -0.3 is 5.32 Å². The Kier molecular flexibility index (Phi) is 2.68. The molecule has 1 saturated carbocycles. The molecule has 1 aromatic rings. The first-order chi connectivity index (χ1) is 6.38. The highest BCUT2D eigenvalue weighted by Gasteiger charge is 2.17. The molecule has 0 bridgehead atoms. The van der Waals surface area contributed by atoms with Crippen molar-refractivity contribution < 1.29 is 0 Å². The van der Waals surface area contributed by atoms with Crippen LogP contribution in [0.25, 0.3) is 0 Å². The Hall–Kier alpha value is -0.770. The predicted molar refractivity (Wildman–Crippen MR) is 55.1 cm³/mol. The van der Waals surface area contributed by atoms with Gasteiger partial charge in [0.2, 0.25) is 0 Å². The van der Waals surface area contributed by atoms with E-state index in [0.717, 1.165) is 10.8 Å². The average molecular weight is 195 g/mol. The van der Waals surface area contributed by atoms with E-state index in [1.165, 1.54) is 19.3 Å². The van der Waals surface area contributed by atoms with Gasteiger partial charge in [-0.25, -0.2) is 9.97 Å². The summed E-state index contributed by atoms with van der Waals surface area (Å²) >= 11 is 1.64. The molecule has 0 spiro atoms. The molecule has 1 heterocycles. The third kappa shape index (κ3) is 2.12. The van der Waals surface area contributed by atoms with Crippen LogP contribution in [-0.4, -0.2) is 22.3 Å². The van der Waals surface area contributed by atoms with Crippen molar-refractivity contribution in [2.24, 2.45) is 0 Å². The van der Waals surface area contributed by atoms with Crippen molar-refractivity contribution in [3.63, 3.8) is 0 Å². The topological polar surface area (TPSA) is 37.8 Å². The molecule has 1 aliphatic rings. The summed E-state index contributed by atoms with van der Waals surface area (Å²) in [5, 5.41) is 4.41. The maximum Gasteiger partial charge on any atom is 0.130 e. The minimum Gasteiger partial charge on any atom is -0.367 e. The molecule has 1 fully saturated rings. The van der Waals surface area contributed by atoms with Gasteiger partial charge in [-0.15, -0.1) is 11.8 Å². The van der Waals surface area contributed by atoms with Crippen molar-refractivity contribution in [3.8, 4) is 0 Å². The highest BCUT2D eigenvalue weighted by Crippen LogP contribution is 2.23. The molecule has 0 aliphatic heterocycles. The third-order valence-electron chi connectivity index (χ3n) is 2.31. The van der Waals surface area contributed by atoms with Crippen LogP contribution in [0.5, 0.6) is 0 Å². The van der Waals surface area contributed by atoms with Gasteiger partial charge in [0.05, 0.1) is 0 Å². The SMILES string of the molecule is CSc1cc(NC2CCC2)ncn1. The first-order valence-corrected chi connectivity index (χ1v) is 5.73. The minimum atomic E-state index is 0.643. The Morgan fingerprint density at radius 3 is 2.92 bits per heavy atom. The van der Waals surface area contributed by atoms with Gasteiger partial charge in [0.1, 0.15) is 17.2 Å². The van der Waals surface area contributed by atoms with Crippen molar-refractivity contribution in [1.82, 2.24) is 9.97 Å². The van der Waals surface area contributed by atoms with Gasteiger partial charge in [-0.1, -0.05) is 0 Å². The second-order valence-electron chi connectivity index (χ2n) is 3.22. The lowest BCUT2D eigenvalue weighted by atomic mass is 9.93. The fourth-order valence-corrected chi connectivity index (χ4v) is 1.67. The van der Waals surface area contributed by atoms with E-state index in [-0.39, 0.29) is 0 Å². The van der Waals surface area contributed by atoms with Gasteiger partial charge in [0.25, 0.3) is 0 Å². The first-order valence-electron chi connectivity index (χ1n) is 4.51. The van der Waals surface area contributed by atoms with Crippen molar-refractivity contribution in [2.45, 2.75) is 30.3 Å². The number of hydrogen-bond donors (Lipinski definition) is 1.